The van der Waals surface area contributed by atoms with Crippen molar-refractivity contribution in [1.29, 1.82) is 0 Å². The second kappa shape index (κ2) is 8.53. The molecule has 0 amide bonds. The van der Waals surface area contributed by atoms with Crippen molar-refractivity contribution >= 4 is 11.8 Å². The van der Waals surface area contributed by atoms with E-state index in [0.717, 1.165) is 19.8 Å². The molecule has 0 spiro atoms. The Morgan fingerprint density at radius 1 is 1.33 bits per heavy atom. The Morgan fingerprint density at radius 2 is 2.00 bits per heavy atom. The quantitative estimate of drug-likeness (QED) is 0.580. The van der Waals surface area contributed by atoms with E-state index in [1.165, 1.54) is 10.5 Å². The van der Waals surface area contributed by atoms with Gasteiger partial charge >= 0.3 is 0 Å². The highest BCUT2D eigenvalue weighted by Gasteiger charge is 2.14. The molecule has 1 rings (SSSR count). The van der Waals surface area contributed by atoms with E-state index in [2.05, 4.69) is 42.5 Å². The van der Waals surface area contributed by atoms with Crippen LogP contribution in [0.15, 0.2) is 29.2 Å². The van der Waals surface area contributed by atoms with Gasteiger partial charge in [0.15, 0.2) is 0 Å². The Hall–Kier alpha value is -0.550. The van der Waals surface area contributed by atoms with Gasteiger partial charge in [-0.15, -0.1) is 11.8 Å². The summed E-state index contributed by atoms with van der Waals surface area (Å²) in [6.45, 7) is 5.07. The van der Waals surface area contributed by atoms with Gasteiger partial charge in [0.05, 0.1) is 6.61 Å². The topological polar surface area (TPSA) is 38.5 Å². The zero-order valence-corrected chi connectivity index (χ0v) is 12.4. The predicted octanol–water partition coefficient (Wildman–Crippen LogP) is 2.38. The van der Waals surface area contributed by atoms with E-state index in [4.69, 9.17) is 10.5 Å². The number of nitrogens with zero attached hydrogens (tertiary/aromatic N) is 1. The van der Waals surface area contributed by atoms with Gasteiger partial charge in [0, 0.05) is 30.6 Å². The van der Waals surface area contributed by atoms with Crippen molar-refractivity contribution in [1.82, 2.24) is 4.90 Å². The molecule has 0 aromatic heterocycles. The lowest BCUT2D eigenvalue weighted by atomic mass is 10.1. The van der Waals surface area contributed by atoms with Crippen LogP contribution in [0.4, 0.5) is 0 Å². The van der Waals surface area contributed by atoms with E-state index < -0.39 is 0 Å². The fraction of sp³-hybridized carbons (Fsp3) is 0.571. The summed E-state index contributed by atoms with van der Waals surface area (Å²) in [6, 6.07) is 8.90. The summed E-state index contributed by atoms with van der Waals surface area (Å²) in [6.07, 6.45) is 2.09. The zero-order valence-electron chi connectivity index (χ0n) is 11.6. The summed E-state index contributed by atoms with van der Waals surface area (Å²) < 4.78 is 5.39. The first kappa shape index (κ1) is 15.5. The van der Waals surface area contributed by atoms with Crippen LogP contribution in [0.3, 0.4) is 0 Å². The highest BCUT2D eigenvalue weighted by Crippen LogP contribution is 2.21. The standard InChI is InChI=1S/C14H24N2OS/c1-4-17-10-9-16(2)14(11-15)12-5-7-13(18-3)8-6-12/h5-8,14H,4,9-11,15H2,1-3H3. The number of hydrogen-bond donors (Lipinski definition) is 1. The Balaban J connectivity index is 2.62. The molecule has 0 bridgehead atoms. The normalized spacial score (nSPS) is 12.9. The average Bonchev–Trinajstić information content (AvgIpc) is 2.41. The SMILES string of the molecule is CCOCCN(C)C(CN)c1ccc(SC)cc1. The molecule has 0 saturated carbocycles. The second-order valence-electron chi connectivity index (χ2n) is 4.20. The lowest BCUT2D eigenvalue weighted by Crippen LogP contribution is -2.33. The van der Waals surface area contributed by atoms with Crippen molar-refractivity contribution in [2.75, 3.05) is 39.6 Å². The number of hydrogen-bond acceptors (Lipinski definition) is 4. The van der Waals surface area contributed by atoms with Crippen LogP contribution < -0.4 is 5.73 Å². The van der Waals surface area contributed by atoms with Gasteiger partial charge in [-0.2, -0.15) is 0 Å². The zero-order chi connectivity index (χ0) is 13.4. The predicted molar refractivity (Wildman–Crippen MR) is 79.1 cm³/mol. The molecule has 18 heavy (non-hydrogen) atoms. The minimum atomic E-state index is 0.265. The molecule has 1 unspecified atom stereocenters. The third-order valence-corrected chi connectivity index (χ3v) is 3.79. The fourth-order valence-corrected chi connectivity index (χ4v) is 2.31. The molecule has 1 atom stereocenters. The van der Waals surface area contributed by atoms with Crippen molar-refractivity contribution in [3.05, 3.63) is 29.8 Å². The first-order valence-corrected chi connectivity index (χ1v) is 7.57. The molecule has 0 fully saturated rings. The molecule has 0 aliphatic heterocycles. The van der Waals surface area contributed by atoms with Gasteiger partial charge in [-0.05, 0) is 37.9 Å². The van der Waals surface area contributed by atoms with E-state index in [-0.39, 0.29) is 6.04 Å². The third kappa shape index (κ3) is 4.61. The average molecular weight is 268 g/mol. The van der Waals surface area contributed by atoms with Gasteiger partial charge < -0.3 is 10.5 Å². The highest BCUT2D eigenvalue weighted by molar-refractivity contribution is 7.98. The van der Waals surface area contributed by atoms with Crippen LogP contribution in [-0.2, 0) is 4.74 Å². The second-order valence-corrected chi connectivity index (χ2v) is 5.08. The van der Waals surface area contributed by atoms with Crippen LogP contribution in [0.1, 0.15) is 18.5 Å². The van der Waals surface area contributed by atoms with Crippen LogP contribution in [0.5, 0.6) is 0 Å². The summed E-state index contributed by atoms with van der Waals surface area (Å²) in [5, 5.41) is 0. The van der Waals surface area contributed by atoms with Gasteiger partial charge in [-0.1, -0.05) is 12.1 Å². The largest absolute Gasteiger partial charge is 0.380 e. The van der Waals surface area contributed by atoms with Crippen molar-refractivity contribution in [2.45, 2.75) is 17.9 Å². The fourth-order valence-electron chi connectivity index (χ4n) is 1.91. The van der Waals surface area contributed by atoms with Crippen molar-refractivity contribution < 1.29 is 4.74 Å². The Kier molecular flexibility index (Phi) is 7.35. The maximum absolute atomic E-state index is 5.89. The number of nitrogens with two attached hydrogens (primary N) is 1. The maximum Gasteiger partial charge on any atom is 0.0593 e. The highest BCUT2D eigenvalue weighted by atomic mass is 32.2. The smallest absolute Gasteiger partial charge is 0.0593 e. The lowest BCUT2D eigenvalue weighted by Gasteiger charge is -2.27. The van der Waals surface area contributed by atoms with E-state index in [1.54, 1.807) is 11.8 Å². The number of likely N-dealkylation sites (N-methyl/N-ethyl adjacent to an activating group) is 1. The molecular formula is C14H24N2OS. The minimum absolute atomic E-state index is 0.265. The monoisotopic (exact) mass is 268 g/mol. The molecule has 1 aromatic rings. The number of benzene rings is 1. The van der Waals surface area contributed by atoms with Gasteiger partial charge in [-0.3, -0.25) is 4.90 Å². The van der Waals surface area contributed by atoms with Gasteiger partial charge in [0.1, 0.15) is 0 Å². The molecule has 0 saturated heterocycles. The maximum atomic E-state index is 5.89. The molecule has 3 nitrogen and oxygen atoms in total. The van der Waals surface area contributed by atoms with E-state index in [9.17, 15) is 0 Å². The van der Waals surface area contributed by atoms with Crippen molar-refractivity contribution in [2.24, 2.45) is 5.73 Å². The molecule has 2 N–H and O–H groups in total. The van der Waals surface area contributed by atoms with Crippen LogP contribution in [0.25, 0.3) is 0 Å². The molecule has 0 aliphatic carbocycles. The number of thioether (sulfide) groups is 1. The van der Waals surface area contributed by atoms with Crippen LogP contribution in [0.2, 0.25) is 0 Å². The molecule has 1 aromatic carbocycles. The minimum Gasteiger partial charge on any atom is -0.380 e. The molecule has 0 aliphatic rings. The van der Waals surface area contributed by atoms with Crippen LogP contribution >= 0.6 is 11.8 Å². The number of rotatable bonds is 8. The van der Waals surface area contributed by atoms with Crippen LogP contribution in [0, 0.1) is 0 Å². The summed E-state index contributed by atoms with van der Waals surface area (Å²) >= 11 is 1.76. The van der Waals surface area contributed by atoms with E-state index >= 15 is 0 Å². The van der Waals surface area contributed by atoms with E-state index in [0.29, 0.717) is 6.54 Å². The molecule has 4 heteroatoms. The molecule has 0 heterocycles. The van der Waals surface area contributed by atoms with Crippen molar-refractivity contribution in [3.63, 3.8) is 0 Å². The van der Waals surface area contributed by atoms with Crippen molar-refractivity contribution in [3.8, 4) is 0 Å². The lowest BCUT2D eigenvalue weighted by molar-refractivity contribution is 0.108. The third-order valence-electron chi connectivity index (χ3n) is 3.05. The molecule has 102 valence electrons. The summed E-state index contributed by atoms with van der Waals surface area (Å²) in [5.41, 5.74) is 7.17. The van der Waals surface area contributed by atoms with Gasteiger partial charge in [0.2, 0.25) is 0 Å². The Bertz CT molecular complexity index is 329. The number of ether oxygens (including phenoxy) is 1. The first-order chi connectivity index (χ1) is 8.72. The summed E-state index contributed by atoms with van der Waals surface area (Å²) in [4.78, 5) is 3.54. The molecule has 0 radical (unpaired) electrons. The molecular weight excluding hydrogens is 244 g/mol. The summed E-state index contributed by atoms with van der Waals surface area (Å²) in [7, 11) is 2.10. The van der Waals surface area contributed by atoms with E-state index in [1.807, 2.05) is 6.92 Å². The van der Waals surface area contributed by atoms with Crippen LogP contribution in [-0.4, -0.2) is 44.5 Å². The Labute approximate surface area is 115 Å². The van der Waals surface area contributed by atoms with Gasteiger partial charge in [0.25, 0.3) is 0 Å². The first-order valence-electron chi connectivity index (χ1n) is 6.35. The van der Waals surface area contributed by atoms with Gasteiger partial charge in [-0.25, -0.2) is 0 Å². The summed E-state index contributed by atoms with van der Waals surface area (Å²) in [5.74, 6) is 0. The Morgan fingerprint density at radius 3 is 2.50 bits per heavy atom.